The van der Waals surface area contributed by atoms with E-state index in [2.05, 4.69) is 85.1 Å². The van der Waals surface area contributed by atoms with E-state index in [1.807, 2.05) is 13.8 Å². The highest BCUT2D eigenvalue weighted by molar-refractivity contribution is 5.70. The van der Waals surface area contributed by atoms with Gasteiger partial charge in [-0.3, -0.25) is 0 Å². The molecule has 0 bridgehead atoms. The summed E-state index contributed by atoms with van der Waals surface area (Å²) in [5, 5.41) is 7.77. The van der Waals surface area contributed by atoms with Gasteiger partial charge in [-0.2, -0.15) is 0 Å². The van der Waals surface area contributed by atoms with E-state index in [0.717, 1.165) is 19.3 Å². The van der Waals surface area contributed by atoms with Gasteiger partial charge in [0.05, 0.1) is 12.3 Å². The average molecular weight is 547 g/mol. The molecule has 4 rings (SSSR count). The number of nitrogens with one attached hydrogen (secondary N) is 2. The van der Waals surface area contributed by atoms with E-state index in [9.17, 15) is 4.79 Å². The lowest BCUT2D eigenvalue weighted by molar-refractivity contribution is 0.105. The summed E-state index contributed by atoms with van der Waals surface area (Å²) in [4.78, 5) is 16.1. The van der Waals surface area contributed by atoms with E-state index in [4.69, 9.17) is 4.74 Å². The van der Waals surface area contributed by atoms with Gasteiger partial charge >= 0.3 is 6.09 Å². The van der Waals surface area contributed by atoms with E-state index >= 15 is 0 Å². The van der Waals surface area contributed by atoms with E-state index in [1.165, 1.54) is 65.8 Å². The number of aryl methyl sites for hydroxylation is 2. The molecule has 0 aromatic heterocycles. The van der Waals surface area contributed by atoms with Crippen molar-refractivity contribution in [1.82, 2.24) is 20.4 Å². The van der Waals surface area contributed by atoms with Crippen molar-refractivity contribution >= 4 is 11.8 Å². The van der Waals surface area contributed by atoms with Crippen LogP contribution in [0.5, 0.6) is 0 Å². The quantitative estimate of drug-likeness (QED) is 0.289. The number of benzene rings is 2. The smallest absolute Gasteiger partial charge is 0.409 e. The summed E-state index contributed by atoms with van der Waals surface area (Å²) in [7, 11) is 4.42. The Balaban J connectivity index is 1.40. The maximum Gasteiger partial charge on any atom is 0.409 e. The van der Waals surface area contributed by atoms with Crippen LogP contribution in [0.1, 0.15) is 87.7 Å². The van der Waals surface area contributed by atoms with Gasteiger partial charge in [0, 0.05) is 30.7 Å². The summed E-state index contributed by atoms with van der Waals surface area (Å²) in [6.07, 6.45) is 8.79. The summed E-state index contributed by atoms with van der Waals surface area (Å²) < 4.78 is 5.44. The lowest BCUT2D eigenvalue weighted by atomic mass is 9.82. The zero-order chi connectivity index (χ0) is 28.5. The van der Waals surface area contributed by atoms with Gasteiger partial charge in [0.2, 0.25) is 0 Å². The number of rotatable bonds is 12. The molecule has 1 unspecified atom stereocenters. The van der Waals surface area contributed by atoms with E-state index in [0.29, 0.717) is 31.7 Å². The van der Waals surface area contributed by atoms with Gasteiger partial charge in [0.15, 0.2) is 0 Å². The molecule has 1 aliphatic carbocycles. The largest absolute Gasteiger partial charge is 0.449 e. The van der Waals surface area contributed by atoms with Crippen LogP contribution < -0.4 is 10.6 Å². The Bertz CT molecular complexity index is 1100. The van der Waals surface area contributed by atoms with Crippen LogP contribution in [0.15, 0.2) is 54.2 Å². The average Bonchev–Trinajstić information content (AvgIpc) is 3.42. The first kappa shape index (κ1) is 30.0. The summed E-state index contributed by atoms with van der Waals surface area (Å²) in [5.41, 5.74) is 7.83. The first-order valence-corrected chi connectivity index (χ1v) is 15.5. The van der Waals surface area contributed by atoms with Crippen LogP contribution in [0, 0.1) is 5.92 Å². The molecule has 1 amide bonds. The zero-order valence-corrected chi connectivity index (χ0v) is 25.3. The van der Waals surface area contributed by atoms with Crippen molar-refractivity contribution in [2.45, 2.75) is 84.3 Å². The second-order valence-electron chi connectivity index (χ2n) is 11.6. The first-order valence-electron chi connectivity index (χ1n) is 15.5. The highest BCUT2D eigenvalue weighted by Crippen LogP contribution is 2.38. The predicted molar refractivity (Wildman–Crippen MR) is 165 cm³/mol. The van der Waals surface area contributed by atoms with Gasteiger partial charge in [-0.25, -0.2) is 4.79 Å². The molecule has 1 saturated carbocycles. The van der Waals surface area contributed by atoms with Gasteiger partial charge in [-0.05, 0) is 95.1 Å². The minimum Gasteiger partial charge on any atom is -0.449 e. The minimum absolute atomic E-state index is 0.0657. The Labute approximate surface area is 242 Å². The molecule has 218 valence electrons. The van der Waals surface area contributed by atoms with Crippen LogP contribution in [-0.2, 0) is 17.6 Å². The van der Waals surface area contributed by atoms with E-state index in [-0.39, 0.29) is 12.3 Å². The third kappa shape index (κ3) is 7.60. The molecule has 40 heavy (non-hydrogen) atoms. The van der Waals surface area contributed by atoms with E-state index in [1.54, 1.807) is 4.90 Å². The number of hydrogen-bond donors (Lipinski definition) is 2. The Morgan fingerprint density at radius 2 is 1.48 bits per heavy atom. The molecule has 2 aromatic carbocycles. The van der Waals surface area contributed by atoms with Crippen molar-refractivity contribution in [2.24, 2.45) is 5.92 Å². The summed E-state index contributed by atoms with van der Waals surface area (Å²) in [5.74, 6) is 0.553. The number of amides is 1. The molecule has 2 aromatic rings. The van der Waals surface area contributed by atoms with Crippen molar-refractivity contribution in [3.63, 3.8) is 0 Å². The summed E-state index contributed by atoms with van der Waals surface area (Å²) in [6.45, 7) is 7.99. The van der Waals surface area contributed by atoms with Crippen LogP contribution in [0.2, 0.25) is 0 Å². The number of nitrogens with zero attached hydrogens (tertiary/aromatic N) is 2. The van der Waals surface area contributed by atoms with Crippen molar-refractivity contribution < 1.29 is 9.53 Å². The van der Waals surface area contributed by atoms with Crippen molar-refractivity contribution in [3.8, 4) is 0 Å². The first-order chi connectivity index (χ1) is 19.4. The number of carbonyl (C=O) groups is 1. The maximum atomic E-state index is 12.1. The molecular formula is C34H50N4O2. The second kappa shape index (κ2) is 14.6. The summed E-state index contributed by atoms with van der Waals surface area (Å²) in [6, 6.07) is 18.7. The van der Waals surface area contributed by atoms with Crippen molar-refractivity contribution in [1.29, 1.82) is 0 Å². The predicted octanol–water partition coefficient (Wildman–Crippen LogP) is 6.73. The maximum absolute atomic E-state index is 12.1. The molecule has 1 atom stereocenters. The second-order valence-corrected chi connectivity index (χ2v) is 11.6. The number of allylic oxidation sites excluding steroid dienone is 1. The van der Waals surface area contributed by atoms with Gasteiger partial charge in [-0.15, -0.1) is 0 Å². The Morgan fingerprint density at radius 1 is 0.850 bits per heavy atom. The normalized spacial score (nSPS) is 20.8. The Hall–Kier alpha value is -2.99. The molecule has 2 aliphatic rings. The minimum atomic E-state index is -0.215. The number of hydrogen-bond acceptors (Lipinski definition) is 5. The molecule has 0 spiro atoms. The standard InChI is InChI=1S/C34H50N4O2/c1-6-10-25-12-16-27(17-13-25)31-32(28-20-22-30(23-21-28)37(4)5)36-33(35-31)29-18-14-26(15-19-29)11-9-24-40-34(39)38(7-2)8-3/h12-19,28,30,33,35-36H,6-11,20-24H2,1-5H3. The molecule has 6 heteroatoms. The van der Waals surface area contributed by atoms with E-state index < -0.39 is 0 Å². The highest BCUT2D eigenvalue weighted by Gasteiger charge is 2.32. The van der Waals surface area contributed by atoms with Gasteiger partial charge in [0.1, 0.15) is 6.17 Å². The third-order valence-corrected chi connectivity index (χ3v) is 8.64. The fourth-order valence-electron chi connectivity index (χ4n) is 6.11. The highest BCUT2D eigenvalue weighted by atomic mass is 16.6. The number of ether oxygens (including phenoxy) is 1. The molecule has 1 fully saturated rings. The third-order valence-electron chi connectivity index (χ3n) is 8.64. The van der Waals surface area contributed by atoms with Crippen LogP contribution in [0.4, 0.5) is 4.79 Å². The lowest BCUT2D eigenvalue weighted by Gasteiger charge is -2.33. The molecule has 0 radical (unpaired) electrons. The molecular weight excluding hydrogens is 496 g/mol. The SMILES string of the molecule is CCCc1ccc(C2=C(C3CCC(N(C)C)CC3)NC(c3ccc(CCCOC(=O)N(CC)CC)cc3)N2)cc1. The van der Waals surface area contributed by atoms with Gasteiger partial charge in [0.25, 0.3) is 0 Å². The molecule has 1 aliphatic heterocycles. The zero-order valence-electron chi connectivity index (χ0n) is 25.3. The topological polar surface area (TPSA) is 56.8 Å². The van der Waals surface area contributed by atoms with Crippen LogP contribution in [0.25, 0.3) is 5.70 Å². The number of carbonyl (C=O) groups excluding carboxylic acids is 1. The summed E-state index contributed by atoms with van der Waals surface area (Å²) >= 11 is 0. The van der Waals surface area contributed by atoms with Crippen LogP contribution in [-0.4, -0.2) is 55.7 Å². The molecule has 2 N–H and O–H groups in total. The molecule has 0 saturated heterocycles. The fourth-order valence-corrected chi connectivity index (χ4v) is 6.11. The van der Waals surface area contributed by atoms with Crippen molar-refractivity contribution in [3.05, 3.63) is 76.5 Å². The molecule has 6 nitrogen and oxygen atoms in total. The van der Waals surface area contributed by atoms with Gasteiger partial charge < -0.3 is 25.2 Å². The fraction of sp³-hybridized carbons (Fsp3) is 0.559. The van der Waals surface area contributed by atoms with Gasteiger partial charge in [-0.1, -0.05) is 61.9 Å². The van der Waals surface area contributed by atoms with Crippen molar-refractivity contribution in [2.75, 3.05) is 33.8 Å². The Kier molecular flexibility index (Phi) is 10.9. The lowest BCUT2D eigenvalue weighted by Crippen LogP contribution is -2.34. The Morgan fingerprint density at radius 3 is 2.08 bits per heavy atom. The monoisotopic (exact) mass is 546 g/mol. The van der Waals surface area contributed by atoms with Crippen LogP contribution >= 0.6 is 0 Å². The molecule has 1 heterocycles. The van der Waals surface area contributed by atoms with Crippen LogP contribution in [0.3, 0.4) is 0 Å².